The van der Waals surface area contributed by atoms with Crippen LogP contribution in [0, 0.1) is 0 Å². The van der Waals surface area contributed by atoms with Crippen molar-refractivity contribution in [2.75, 3.05) is 39.9 Å². The molecule has 2 heterocycles. The van der Waals surface area contributed by atoms with Gasteiger partial charge < -0.3 is 25.6 Å². The first-order valence-corrected chi connectivity index (χ1v) is 15.5. The number of hydrogen-bond donors (Lipinski definition) is 4. The Balaban J connectivity index is 1.23. The number of nitrogens with one attached hydrogen (secondary N) is 2. The van der Waals surface area contributed by atoms with Gasteiger partial charge in [0.2, 0.25) is 20.0 Å². The van der Waals surface area contributed by atoms with Crippen LogP contribution in [0.4, 0.5) is 0 Å². The molecule has 2 atom stereocenters. The van der Waals surface area contributed by atoms with E-state index in [4.69, 9.17) is 15.2 Å². The van der Waals surface area contributed by atoms with Crippen molar-refractivity contribution in [2.45, 2.75) is 53.3 Å². The normalized spacial score (nSPS) is 21.0. The van der Waals surface area contributed by atoms with Crippen molar-refractivity contribution in [3.8, 4) is 5.75 Å². The van der Waals surface area contributed by atoms with E-state index in [0.717, 1.165) is 12.0 Å². The van der Waals surface area contributed by atoms with Crippen LogP contribution in [0.2, 0.25) is 0 Å². The number of benzene rings is 2. The highest BCUT2D eigenvalue weighted by Gasteiger charge is 2.44. The zero-order valence-corrected chi connectivity index (χ0v) is 23.0. The van der Waals surface area contributed by atoms with Gasteiger partial charge in [0, 0.05) is 38.3 Å². The lowest BCUT2D eigenvalue weighted by Crippen LogP contribution is -2.47. The van der Waals surface area contributed by atoms with Gasteiger partial charge in [-0.1, -0.05) is 18.2 Å². The van der Waals surface area contributed by atoms with E-state index in [0.29, 0.717) is 38.3 Å². The minimum Gasteiger partial charge on any atom is -0.491 e. The highest BCUT2D eigenvalue weighted by molar-refractivity contribution is 7.89. The molecule has 5 N–H and O–H groups in total. The van der Waals surface area contributed by atoms with E-state index in [1.165, 1.54) is 23.5 Å². The van der Waals surface area contributed by atoms with Gasteiger partial charge in [0.15, 0.2) is 0 Å². The lowest BCUT2D eigenvalue weighted by Gasteiger charge is -2.38. The third-order valence-corrected chi connectivity index (χ3v) is 10.4. The van der Waals surface area contributed by atoms with E-state index in [2.05, 4.69) is 10.0 Å². The lowest BCUT2D eigenvalue weighted by molar-refractivity contribution is -0.0312. The van der Waals surface area contributed by atoms with E-state index in [-0.39, 0.29) is 41.1 Å². The van der Waals surface area contributed by atoms with Crippen molar-refractivity contribution in [3.63, 3.8) is 0 Å². The second-order valence-corrected chi connectivity index (χ2v) is 13.5. The molecule has 0 aromatic heterocycles. The van der Waals surface area contributed by atoms with Crippen LogP contribution in [0.15, 0.2) is 58.3 Å². The third kappa shape index (κ3) is 6.72. The van der Waals surface area contributed by atoms with Crippen LogP contribution >= 0.6 is 0 Å². The van der Waals surface area contributed by atoms with E-state index in [1.807, 2.05) is 6.07 Å². The molecule has 0 amide bonds. The van der Waals surface area contributed by atoms with Crippen molar-refractivity contribution in [1.82, 2.24) is 14.3 Å². The summed E-state index contributed by atoms with van der Waals surface area (Å²) >= 11 is 0. The molecular formula is C25H36N4O7S2. The number of nitrogens with two attached hydrogens (primary N) is 1. The molecule has 2 aromatic carbocycles. The highest BCUT2D eigenvalue weighted by Crippen LogP contribution is 2.37. The molecule has 13 heteroatoms. The molecule has 2 unspecified atom stereocenters. The van der Waals surface area contributed by atoms with Crippen LogP contribution in [0.5, 0.6) is 5.75 Å². The van der Waals surface area contributed by atoms with Crippen LogP contribution in [0.1, 0.15) is 24.8 Å². The average molecular weight is 569 g/mol. The Morgan fingerprint density at radius 1 is 1.13 bits per heavy atom. The van der Waals surface area contributed by atoms with Gasteiger partial charge in [-0.05, 0) is 56.1 Å². The number of ether oxygens (including phenoxy) is 2. The predicted molar refractivity (Wildman–Crippen MR) is 142 cm³/mol. The van der Waals surface area contributed by atoms with Crippen molar-refractivity contribution in [2.24, 2.45) is 5.73 Å². The van der Waals surface area contributed by atoms with Gasteiger partial charge in [0.1, 0.15) is 18.5 Å². The van der Waals surface area contributed by atoms with E-state index >= 15 is 0 Å². The number of aliphatic hydroxyl groups is 1. The molecule has 38 heavy (non-hydrogen) atoms. The second kappa shape index (κ2) is 12.0. The summed E-state index contributed by atoms with van der Waals surface area (Å²) in [5.41, 5.74) is 6.06. The number of piperidine rings is 1. The van der Waals surface area contributed by atoms with Gasteiger partial charge in [-0.15, -0.1) is 0 Å². The van der Waals surface area contributed by atoms with Gasteiger partial charge in [0.25, 0.3) is 0 Å². The molecule has 4 rings (SSSR count). The van der Waals surface area contributed by atoms with Crippen molar-refractivity contribution >= 4 is 20.0 Å². The third-order valence-electron chi connectivity index (χ3n) is 7.08. The highest BCUT2D eigenvalue weighted by atomic mass is 32.2. The molecule has 2 aliphatic rings. The number of rotatable bonds is 11. The first kappa shape index (κ1) is 28.9. The Kier molecular flexibility index (Phi) is 9.10. The summed E-state index contributed by atoms with van der Waals surface area (Å²) in [4.78, 5) is 0.344. The topological polar surface area (TPSA) is 160 Å². The molecule has 2 fully saturated rings. The summed E-state index contributed by atoms with van der Waals surface area (Å²) in [6.45, 7) is 1.78. The molecular weight excluding hydrogens is 532 g/mol. The van der Waals surface area contributed by atoms with Crippen LogP contribution in [-0.2, 0) is 31.3 Å². The van der Waals surface area contributed by atoms with Crippen LogP contribution < -0.4 is 20.5 Å². The maximum atomic E-state index is 13.1. The molecule has 2 aromatic rings. The number of aliphatic hydroxyl groups excluding tert-OH is 1. The standard InChI is InChI=1S/C25H36N4O7S2/c1-27-37(31,32)23-6-3-5-22(13-23)35-18-21(30)16-28-20-14-25(36-17-20)8-10-29(11-9-25)38(33,34)24-7-2-4-19(12-24)15-26/h2-7,12-13,20-21,27-28,30H,8-11,14-18,26H2,1H3. The van der Waals surface area contributed by atoms with Gasteiger partial charge in [0.05, 0.1) is 22.0 Å². The van der Waals surface area contributed by atoms with Crippen LogP contribution in [0.3, 0.4) is 0 Å². The van der Waals surface area contributed by atoms with Crippen molar-refractivity contribution in [3.05, 3.63) is 54.1 Å². The minimum absolute atomic E-state index is 0.00699. The van der Waals surface area contributed by atoms with Gasteiger partial charge in [-0.2, -0.15) is 4.31 Å². The molecule has 0 bridgehead atoms. The summed E-state index contributed by atoms with van der Waals surface area (Å²) in [6, 6.07) is 12.8. The average Bonchev–Trinajstić information content (AvgIpc) is 3.33. The van der Waals surface area contributed by atoms with Gasteiger partial charge in [-0.3, -0.25) is 0 Å². The maximum Gasteiger partial charge on any atom is 0.243 e. The molecule has 0 aliphatic carbocycles. The Morgan fingerprint density at radius 2 is 1.84 bits per heavy atom. The first-order valence-electron chi connectivity index (χ1n) is 12.6. The quantitative estimate of drug-likeness (QED) is 0.301. The minimum atomic E-state index is -3.59. The smallest absolute Gasteiger partial charge is 0.243 e. The van der Waals surface area contributed by atoms with Gasteiger partial charge >= 0.3 is 0 Å². The fraction of sp³-hybridized carbons (Fsp3) is 0.520. The summed E-state index contributed by atoms with van der Waals surface area (Å²) < 4.78 is 65.6. The van der Waals surface area contributed by atoms with Gasteiger partial charge in [-0.25, -0.2) is 21.6 Å². The Bertz CT molecular complexity index is 1310. The zero-order valence-electron chi connectivity index (χ0n) is 21.4. The van der Waals surface area contributed by atoms with E-state index in [9.17, 15) is 21.9 Å². The summed E-state index contributed by atoms with van der Waals surface area (Å²) in [6.07, 6.45) is 1.10. The first-order chi connectivity index (χ1) is 18.1. The summed E-state index contributed by atoms with van der Waals surface area (Å²) in [5.74, 6) is 0.347. The van der Waals surface area contributed by atoms with Crippen LogP contribution in [-0.4, -0.2) is 83.9 Å². The second-order valence-electron chi connectivity index (χ2n) is 9.71. The molecule has 11 nitrogen and oxygen atoms in total. The fourth-order valence-electron chi connectivity index (χ4n) is 4.84. The molecule has 1 spiro atoms. The number of sulfonamides is 2. The molecule has 0 saturated carbocycles. The van der Waals surface area contributed by atoms with E-state index in [1.54, 1.807) is 30.3 Å². The van der Waals surface area contributed by atoms with E-state index < -0.39 is 26.2 Å². The number of nitrogens with zero attached hydrogens (tertiary/aromatic N) is 1. The Hall–Kier alpha value is -2.10. The van der Waals surface area contributed by atoms with Crippen molar-refractivity contribution in [1.29, 1.82) is 0 Å². The maximum absolute atomic E-state index is 13.1. The van der Waals surface area contributed by atoms with Crippen LogP contribution in [0.25, 0.3) is 0 Å². The monoisotopic (exact) mass is 568 g/mol. The summed E-state index contributed by atoms with van der Waals surface area (Å²) in [5, 5.41) is 13.7. The Morgan fingerprint density at radius 3 is 2.55 bits per heavy atom. The molecule has 2 saturated heterocycles. The molecule has 210 valence electrons. The SMILES string of the molecule is CNS(=O)(=O)c1cccc(OCC(O)CNC2COC3(CCN(S(=O)(=O)c4cccc(CN)c4)CC3)C2)c1. The summed E-state index contributed by atoms with van der Waals surface area (Å²) in [7, 11) is -5.84. The fourth-order valence-corrected chi connectivity index (χ4v) is 7.12. The largest absolute Gasteiger partial charge is 0.491 e. The zero-order chi connectivity index (χ0) is 27.4. The molecule has 0 radical (unpaired) electrons. The molecule has 2 aliphatic heterocycles. The van der Waals surface area contributed by atoms with Crippen molar-refractivity contribution < 1.29 is 31.4 Å². The number of hydrogen-bond acceptors (Lipinski definition) is 9. The Labute approximate surface area is 224 Å². The predicted octanol–water partition coefficient (Wildman–Crippen LogP) is 0.395. The lowest BCUT2D eigenvalue weighted by atomic mass is 9.88.